The van der Waals surface area contributed by atoms with Crippen molar-refractivity contribution in [3.63, 3.8) is 0 Å². The molecule has 24 nitrogen and oxygen atoms in total. The third kappa shape index (κ3) is 60.7. The maximum atomic E-state index is 12.8. The Kier molecular flexibility index (Phi) is 61.4. The second-order valence-corrected chi connectivity index (χ2v) is 43.1. The van der Waals surface area contributed by atoms with Crippen molar-refractivity contribution in [3.8, 4) is 11.9 Å². The molecule has 0 unspecified atom stereocenters. The van der Waals surface area contributed by atoms with Gasteiger partial charge in [0.05, 0.1) is 61.4 Å². The molecule has 11 N–H and O–H groups in total. The molecule has 0 heterocycles. The first-order valence-corrected chi connectivity index (χ1v) is 49.7. The average Bonchev–Trinajstić information content (AvgIpc) is 0.792. The molecule has 0 atom stereocenters. The molecule has 10 rings (SSSR count). The van der Waals surface area contributed by atoms with Crippen LogP contribution in [0.25, 0.3) is 0 Å². The van der Waals surface area contributed by atoms with Crippen LogP contribution in [0.2, 0.25) is 0 Å². The van der Waals surface area contributed by atoms with E-state index < -0.39 is 112 Å². The average molecular weight is 2080 g/mol. The van der Waals surface area contributed by atoms with Crippen molar-refractivity contribution in [2.45, 2.75) is 424 Å². The number of sulfone groups is 2. The van der Waals surface area contributed by atoms with Crippen molar-refractivity contribution in [1.29, 1.82) is 0 Å². The molecule has 6 fully saturated rings. The van der Waals surface area contributed by atoms with Crippen molar-refractivity contribution >= 4 is 94.0 Å². The third-order valence-electron chi connectivity index (χ3n) is 20.4. The molecule has 0 spiro atoms. The smallest absolute Gasteiger partial charge is 0.0228 e. The van der Waals surface area contributed by atoms with Crippen LogP contribution in [0.3, 0.4) is 0 Å². The first-order valence-electron chi connectivity index (χ1n) is 46.7. The molecule has 42 heteroatoms. The molecular weight excluding hydrogens is 1930 g/mol. The number of carbonyl (C=O) groups excluding carboxylic acids is 5. The predicted molar refractivity (Wildman–Crippen MR) is 520 cm³/mol. The van der Waals surface area contributed by atoms with Gasteiger partial charge in [-0.2, -0.15) is 52.7 Å². The van der Waals surface area contributed by atoms with E-state index in [1.54, 1.807) is 53.4 Å². The van der Waals surface area contributed by atoms with Crippen molar-refractivity contribution < 1.29 is 140 Å². The maximum absolute atomic E-state index is 12.8. The van der Waals surface area contributed by atoms with Crippen LogP contribution in [0.15, 0.2) is 117 Å². The van der Waals surface area contributed by atoms with E-state index in [4.69, 9.17) is 48.1 Å². The van der Waals surface area contributed by atoms with E-state index in [0.717, 1.165) is 138 Å². The number of aliphatic hydroxyl groups excluding tert-OH is 3. The molecule has 0 aromatic heterocycles. The van der Waals surface area contributed by atoms with Crippen molar-refractivity contribution in [3.05, 3.63) is 119 Å². The van der Waals surface area contributed by atoms with Crippen LogP contribution in [0.5, 0.6) is 0 Å². The predicted octanol–water partition coefficient (Wildman–Crippen LogP) is 23.9. The molecule has 0 bridgehead atoms. The van der Waals surface area contributed by atoms with Crippen molar-refractivity contribution in [2.24, 2.45) is 17.4 Å². The van der Waals surface area contributed by atoms with E-state index >= 15 is 0 Å². The monoisotopic (exact) mass is 2080 g/mol. The number of alkyl carbamates (subject to hydrolysis) is 4. The van der Waals surface area contributed by atoms with E-state index in [-0.39, 0.29) is 102 Å². The Morgan fingerprint density at radius 1 is 0.464 bits per heavy atom. The van der Waals surface area contributed by atoms with Crippen LogP contribution in [-0.2, 0) is 77.6 Å². The number of amides is 4. The van der Waals surface area contributed by atoms with Gasteiger partial charge in [-0.25, -0.2) is 36.0 Å². The number of aliphatic hydroxyl groups is 3. The number of thiol groups is 1. The molecule has 6 aliphatic carbocycles. The van der Waals surface area contributed by atoms with Gasteiger partial charge in [-0.15, -0.1) is 36.8 Å². The summed E-state index contributed by atoms with van der Waals surface area (Å²) < 4.78 is 247. The SMILES string of the molecule is C.CC(C)(C)OC(=O)NC1CCC(O)CC1.CC(C)(C)OC(=O)NC1CCC(S(=O)(=O)c2cccc(C(F)(F)F)c2)CC1.CC(C)(C)OC(=O)NC1CCC(Sc2cccc(C(F)(F)F)c2)CC1.CC1CCC(NC(=O)OC(C)(C)C)CC1.CCOC(C)=O.Cl.FC(F)(F)c1cccc(S)c1.NC1CCC(O)CC1.NC1CCC(S(=O)(=O)c2cccc(C(F)(F)F)c2)CC1.O=BC#CO.[2H]CC.[2H]CC. The summed E-state index contributed by atoms with van der Waals surface area (Å²) in [6, 6.07) is 18.7. The van der Waals surface area contributed by atoms with Crippen LogP contribution < -0.4 is 32.7 Å². The minimum absolute atomic E-state index is 0. The van der Waals surface area contributed by atoms with Gasteiger partial charge in [-0.05, 0) is 323 Å². The summed E-state index contributed by atoms with van der Waals surface area (Å²) in [4.78, 5) is 56.7. The number of thioether (sulfide) groups is 1. The Hall–Kier alpha value is -7.46. The molecule has 6 aliphatic rings. The number of hydrogen-bond donors (Lipinski definition) is 10. The molecule has 0 aliphatic heterocycles. The minimum atomic E-state index is -4.60. The fourth-order valence-corrected chi connectivity index (χ4v) is 18.9. The molecule has 792 valence electrons. The topological polar surface area (TPSA) is 378 Å². The van der Waals surface area contributed by atoms with E-state index in [2.05, 4.69) is 45.6 Å². The van der Waals surface area contributed by atoms with Gasteiger partial charge in [-0.3, -0.25) is 4.79 Å². The summed E-state index contributed by atoms with van der Waals surface area (Å²) in [6.45, 7) is 32.4. The van der Waals surface area contributed by atoms with E-state index in [1.807, 2.05) is 62.3 Å². The van der Waals surface area contributed by atoms with E-state index in [0.29, 0.717) is 100 Å². The molecule has 0 saturated heterocycles. The zero-order valence-corrected chi connectivity index (χ0v) is 85.7. The molecular formula is C96H152BClF12N6O18S4. The number of carbonyl (C=O) groups is 5. The Bertz CT molecular complexity index is 4440. The number of rotatable bonds is 11. The quantitative estimate of drug-likeness (QED) is 0.0166. The largest absolute Gasteiger partial charge is 0.0683 e. The van der Waals surface area contributed by atoms with Crippen LogP contribution in [-0.4, -0.2) is 163 Å². The minimum Gasteiger partial charge on any atom is -0.0683 e. The van der Waals surface area contributed by atoms with E-state index in [9.17, 15) is 98.6 Å². The van der Waals surface area contributed by atoms with Crippen LogP contribution >= 0.6 is 36.8 Å². The Morgan fingerprint density at radius 3 is 0.993 bits per heavy atom. The van der Waals surface area contributed by atoms with Gasteiger partial charge in [0.1, 0.15) is 22.4 Å². The van der Waals surface area contributed by atoms with Gasteiger partial charge in [0, 0.05) is 61.0 Å². The van der Waals surface area contributed by atoms with Gasteiger partial charge in [0.2, 0.25) is 0 Å². The van der Waals surface area contributed by atoms with Crippen molar-refractivity contribution in [2.75, 3.05) is 6.61 Å². The molecule has 4 aromatic rings. The number of ether oxygens (including phenoxy) is 5. The number of hydrogen-bond acceptors (Lipinski definition) is 22. The Morgan fingerprint density at radius 2 is 0.732 bits per heavy atom. The van der Waals surface area contributed by atoms with Gasteiger partial charge in [-0.1, -0.05) is 66.3 Å². The Labute approximate surface area is 829 Å². The molecule has 0 radical (unpaired) electrons. The van der Waals surface area contributed by atoms with Gasteiger partial charge >= 0.3 is 83.9 Å². The number of esters is 1. The summed E-state index contributed by atoms with van der Waals surface area (Å²) >= 11 is 5.27. The number of benzene rings is 4. The zero-order chi connectivity index (χ0) is 106. The van der Waals surface area contributed by atoms with Gasteiger partial charge in [0.25, 0.3) is 0 Å². The molecule has 4 amide bonds. The van der Waals surface area contributed by atoms with Gasteiger partial charge < -0.3 is 66.6 Å². The summed E-state index contributed by atoms with van der Waals surface area (Å²) in [5.41, 5.74) is 6.10. The van der Waals surface area contributed by atoms with Crippen LogP contribution in [0.1, 0.15) is 318 Å². The molecule has 138 heavy (non-hydrogen) atoms. The number of nitrogens with one attached hydrogen (secondary N) is 4. The summed E-state index contributed by atoms with van der Waals surface area (Å²) in [7, 11) is -7.27. The second kappa shape index (κ2) is 64.9. The zero-order valence-electron chi connectivity index (χ0n) is 83.6. The van der Waals surface area contributed by atoms with E-state index in [1.165, 1.54) is 74.0 Å². The first kappa shape index (κ1) is 131. The standard InChI is InChI=1S/C18H24F3NO4S.C18H24F3NO2S.C13H16F3NO2S.C12H23NO2.C11H21NO3.C7H5F3S.C6H13NO.C4H8O2.C2HBO2.2C2H6.CH4.ClH/c1-17(2,3)26-16(23)22-13-7-9-14(10-8-13)27(24,25)15-6-4-5-12(11-15)18(19,20)21;1-17(2,3)24-16(23)22-13-7-9-14(10-8-13)25-15-6-4-5-12(11-15)18(19,20)21;14-13(15,16)9-2-1-3-12(8-9)20(18,19)11-6-4-10(17)5-7-11;1-9-5-7-10(8-6-9)13-11(14)15-12(2,3)4;1-11(2,3)15-10(14)12-8-4-6-9(13)7-5-8;8-7(9,10)5-2-1-3-6(11)4-5;7-5-1-3-6(8)4-2-5;1-3-6-4(2)5;4-2-1-3-5;2*1-2;;/h4-6,11,13-14H,7-10H2,1-3H3,(H,22,23);4-6,11,13-14H,7-10H2,1-3H3,(H,22,23);1-3,8,10-11H,4-7,17H2;9-10H,5-8H2,1-4H3,(H,13,14);8-9,13H,4-7H2,1-3H3,(H,12,14);1-4,11H;5-6,8H,1-4,7H2;3H2,1-2H3;4H;2*1-2H3;1H4;1H/i;;;;;;;;;2*1D;;. The van der Waals surface area contributed by atoms with Gasteiger partial charge in [0.15, 0.2) is 19.7 Å². The van der Waals surface area contributed by atoms with Crippen LogP contribution in [0, 0.1) is 17.8 Å². The number of nitrogens with two attached hydrogens (primary N) is 2. The summed E-state index contributed by atoms with van der Waals surface area (Å²) in [5.74, 6) is 2.33. The summed E-state index contributed by atoms with van der Waals surface area (Å²) in [6.07, 6.45) is 0.0494. The fraction of sp³-hybridized carbons (Fsp3) is 0.677. The molecule has 6 saturated carbocycles. The van der Waals surface area contributed by atoms with Crippen LogP contribution in [0.4, 0.5) is 71.9 Å². The van der Waals surface area contributed by atoms with Crippen molar-refractivity contribution in [1.82, 2.24) is 21.3 Å². The fourth-order valence-electron chi connectivity index (χ4n) is 13.8. The Balaban J connectivity index is -0.00000155. The molecule has 4 aromatic carbocycles. The summed E-state index contributed by atoms with van der Waals surface area (Å²) in [5, 5.41) is 36.0. The number of halogens is 13. The normalized spacial score (nSPS) is 21.6. The number of alkyl halides is 12. The second-order valence-electron chi connectivity index (χ2n) is 36.7. The first-order chi connectivity index (χ1) is 63.6. The maximum Gasteiger partial charge on any atom is 0.0228 e. The third-order valence-corrected chi connectivity index (χ3v) is 26.5.